The number of amides is 1. The summed E-state index contributed by atoms with van der Waals surface area (Å²) in [6.07, 6.45) is 0. The van der Waals surface area contributed by atoms with E-state index in [9.17, 15) is 13.2 Å². The molecule has 1 fully saturated rings. The number of hydrogen-bond donors (Lipinski definition) is 2. The summed E-state index contributed by atoms with van der Waals surface area (Å²) in [5.74, 6) is 0.625. The maximum atomic E-state index is 13.8. The first-order valence-corrected chi connectivity index (χ1v) is 14.6. The Morgan fingerprint density at radius 2 is 1.51 bits per heavy atom. The van der Waals surface area contributed by atoms with Crippen molar-refractivity contribution in [2.75, 3.05) is 48.4 Å². The zero-order valence-corrected chi connectivity index (χ0v) is 24.1. The van der Waals surface area contributed by atoms with Crippen LogP contribution >= 0.6 is 0 Å². The fourth-order valence-electron chi connectivity index (χ4n) is 4.49. The largest absolute Gasteiger partial charge is 0.497 e. The van der Waals surface area contributed by atoms with Crippen LogP contribution in [0.2, 0.25) is 0 Å². The summed E-state index contributed by atoms with van der Waals surface area (Å²) in [6, 6.07) is 22.1. The van der Waals surface area contributed by atoms with Crippen LogP contribution in [0.5, 0.6) is 5.75 Å². The summed E-state index contributed by atoms with van der Waals surface area (Å²) in [4.78, 5) is 17.2. The molecule has 39 heavy (non-hydrogen) atoms. The lowest BCUT2D eigenvalue weighted by Gasteiger charge is -2.38. The minimum Gasteiger partial charge on any atom is -0.497 e. The molecule has 0 saturated carbocycles. The van der Waals surface area contributed by atoms with Gasteiger partial charge in [-0.2, -0.15) is 0 Å². The van der Waals surface area contributed by atoms with Gasteiger partial charge in [0, 0.05) is 49.0 Å². The third-order valence-electron chi connectivity index (χ3n) is 6.88. The number of methoxy groups -OCH3 is 1. The molecule has 0 bridgehead atoms. The van der Waals surface area contributed by atoms with Gasteiger partial charge >= 0.3 is 0 Å². The number of rotatable bonds is 8. The van der Waals surface area contributed by atoms with Crippen LogP contribution in [0, 0.1) is 5.41 Å². The van der Waals surface area contributed by atoms with Crippen LogP contribution in [0.4, 0.5) is 17.1 Å². The van der Waals surface area contributed by atoms with Crippen LogP contribution in [-0.2, 0) is 14.8 Å². The fourth-order valence-corrected chi connectivity index (χ4v) is 5.97. The number of carbonyl (C=O) groups is 1. The van der Waals surface area contributed by atoms with E-state index in [4.69, 9.17) is 4.74 Å². The summed E-state index contributed by atoms with van der Waals surface area (Å²) < 4.78 is 35.7. The highest BCUT2D eigenvalue weighted by atomic mass is 32.2. The van der Waals surface area contributed by atoms with E-state index in [0.29, 0.717) is 24.5 Å². The van der Waals surface area contributed by atoms with E-state index in [1.165, 1.54) is 0 Å². The molecule has 8 nitrogen and oxygen atoms in total. The predicted octanol–water partition coefficient (Wildman–Crippen LogP) is 5.05. The van der Waals surface area contributed by atoms with E-state index in [1.807, 2.05) is 82.3 Å². The third-order valence-corrected chi connectivity index (χ3v) is 8.45. The molecule has 0 radical (unpaired) electrons. The van der Waals surface area contributed by atoms with Gasteiger partial charge in [-0.15, -0.1) is 0 Å². The average Bonchev–Trinajstić information content (AvgIpc) is 2.93. The Morgan fingerprint density at radius 3 is 2.10 bits per heavy atom. The first kappa shape index (κ1) is 28.4. The Kier molecular flexibility index (Phi) is 8.51. The molecule has 0 unspecified atom stereocenters. The van der Waals surface area contributed by atoms with Crippen molar-refractivity contribution in [3.05, 3.63) is 78.4 Å². The zero-order valence-electron chi connectivity index (χ0n) is 23.3. The Balaban J connectivity index is 1.61. The quantitative estimate of drug-likeness (QED) is 0.408. The van der Waals surface area contributed by atoms with E-state index >= 15 is 0 Å². The molecule has 1 amide bonds. The lowest BCUT2D eigenvalue weighted by Crippen LogP contribution is -2.47. The highest BCUT2D eigenvalue weighted by Crippen LogP contribution is 2.32. The van der Waals surface area contributed by atoms with E-state index in [-0.39, 0.29) is 10.8 Å². The van der Waals surface area contributed by atoms with Crippen LogP contribution < -0.4 is 24.6 Å². The number of hydrogen-bond acceptors (Lipinski definition) is 6. The SMILES string of the molecule is COc1ccc(N2CCN(c3ccc(NC(=O)C(C)(C)C)cc3S(=O)(=O)N[C@@H](C)c3ccccc3)CC2)cc1. The van der Waals surface area contributed by atoms with Gasteiger partial charge in [-0.3, -0.25) is 4.79 Å². The standard InChI is InChI=1S/C30H38N4O4S/c1-22(23-9-7-6-8-10-23)32-39(36,37)28-21-24(31-29(35)30(2,3)4)11-16-27(28)34-19-17-33(18-20-34)25-12-14-26(38-5)15-13-25/h6-16,21-22,32H,17-20H2,1-5H3,(H,31,35)/t22-/m0/s1. The Hall–Kier alpha value is -3.56. The van der Waals surface area contributed by atoms with Crippen LogP contribution in [0.1, 0.15) is 39.3 Å². The van der Waals surface area contributed by atoms with Gasteiger partial charge in [0.05, 0.1) is 12.8 Å². The molecule has 3 aromatic carbocycles. The molecule has 208 valence electrons. The van der Waals surface area contributed by atoms with Gasteiger partial charge in [-0.1, -0.05) is 51.1 Å². The number of nitrogens with zero attached hydrogens (tertiary/aromatic N) is 2. The van der Waals surface area contributed by atoms with Crippen molar-refractivity contribution < 1.29 is 17.9 Å². The number of ether oxygens (including phenoxy) is 1. The van der Waals surface area contributed by atoms with E-state index in [2.05, 4.69) is 19.8 Å². The van der Waals surface area contributed by atoms with E-state index < -0.39 is 21.5 Å². The summed E-state index contributed by atoms with van der Waals surface area (Å²) in [5, 5.41) is 2.88. The molecule has 0 aliphatic carbocycles. The highest BCUT2D eigenvalue weighted by Gasteiger charge is 2.28. The van der Waals surface area contributed by atoms with Crippen LogP contribution in [0.25, 0.3) is 0 Å². The monoisotopic (exact) mass is 550 g/mol. The van der Waals surface area contributed by atoms with Crippen molar-refractivity contribution in [3.8, 4) is 5.75 Å². The van der Waals surface area contributed by atoms with Crippen LogP contribution in [-0.4, -0.2) is 47.6 Å². The van der Waals surface area contributed by atoms with Crippen molar-refractivity contribution in [1.29, 1.82) is 0 Å². The second kappa shape index (κ2) is 11.7. The normalized spacial score (nSPS) is 15.1. The number of anilines is 3. The number of piperazine rings is 1. The lowest BCUT2D eigenvalue weighted by molar-refractivity contribution is -0.123. The average molecular weight is 551 g/mol. The molecule has 2 N–H and O–H groups in total. The molecule has 0 aromatic heterocycles. The van der Waals surface area contributed by atoms with Gasteiger partial charge in [0.2, 0.25) is 15.9 Å². The van der Waals surface area contributed by atoms with Crippen molar-refractivity contribution in [2.45, 2.75) is 38.6 Å². The molecule has 1 saturated heterocycles. The number of carbonyl (C=O) groups excluding carboxylic acids is 1. The van der Waals surface area contributed by atoms with Crippen molar-refractivity contribution >= 4 is 33.0 Å². The van der Waals surface area contributed by atoms with Gasteiger partial charge in [-0.25, -0.2) is 13.1 Å². The Morgan fingerprint density at radius 1 is 0.897 bits per heavy atom. The van der Waals surface area contributed by atoms with Crippen molar-refractivity contribution in [1.82, 2.24) is 4.72 Å². The molecule has 4 rings (SSSR count). The maximum Gasteiger partial charge on any atom is 0.243 e. The number of sulfonamides is 1. The third kappa shape index (κ3) is 6.91. The van der Waals surface area contributed by atoms with Crippen molar-refractivity contribution in [3.63, 3.8) is 0 Å². The van der Waals surface area contributed by atoms with Crippen molar-refractivity contribution in [2.24, 2.45) is 5.41 Å². The van der Waals surface area contributed by atoms with Gasteiger partial charge in [-0.05, 0) is 55.0 Å². The lowest BCUT2D eigenvalue weighted by atomic mass is 9.95. The summed E-state index contributed by atoms with van der Waals surface area (Å²) in [6.45, 7) is 10.1. The van der Waals surface area contributed by atoms with Crippen LogP contribution in [0.15, 0.2) is 77.7 Å². The van der Waals surface area contributed by atoms with E-state index in [1.54, 1.807) is 25.3 Å². The second-order valence-corrected chi connectivity index (χ2v) is 12.5. The Labute approximate surface area is 232 Å². The first-order valence-electron chi connectivity index (χ1n) is 13.1. The number of nitrogens with one attached hydrogen (secondary N) is 2. The van der Waals surface area contributed by atoms with E-state index in [0.717, 1.165) is 30.1 Å². The topological polar surface area (TPSA) is 91.0 Å². The molecular weight excluding hydrogens is 512 g/mol. The molecule has 0 spiro atoms. The molecule has 1 aliphatic heterocycles. The molecule has 3 aromatic rings. The summed E-state index contributed by atoms with van der Waals surface area (Å²) in [5.41, 5.74) is 2.42. The number of benzene rings is 3. The smallest absolute Gasteiger partial charge is 0.243 e. The second-order valence-electron chi connectivity index (χ2n) is 10.8. The van der Waals surface area contributed by atoms with Gasteiger partial charge in [0.1, 0.15) is 10.6 Å². The minimum atomic E-state index is -3.93. The van der Waals surface area contributed by atoms with Gasteiger partial charge < -0.3 is 19.9 Å². The van der Waals surface area contributed by atoms with Gasteiger partial charge in [0.15, 0.2) is 0 Å². The first-order chi connectivity index (χ1) is 18.5. The van der Waals surface area contributed by atoms with Gasteiger partial charge in [0.25, 0.3) is 0 Å². The molecule has 1 aliphatic rings. The van der Waals surface area contributed by atoms with Crippen LogP contribution in [0.3, 0.4) is 0 Å². The molecule has 9 heteroatoms. The Bertz CT molecular complexity index is 1380. The zero-order chi connectivity index (χ0) is 28.2. The predicted molar refractivity (Wildman–Crippen MR) is 157 cm³/mol. The summed E-state index contributed by atoms with van der Waals surface area (Å²) >= 11 is 0. The fraction of sp³-hybridized carbons (Fsp3) is 0.367. The molecular formula is C30H38N4O4S. The molecule has 1 heterocycles. The minimum absolute atomic E-state index is 0.148. The maximum absolute atomic E-state index is 13.8. The molecule has 1 atom stereocenters. The highest BCUT2D eigenvalue weighted by molar-refractivity contribution is 7.89. The summed E-state index contributed by atoms with van der Waals surface area (Å²) in [7, 11) is -2.28.